The number of allylic oxidation sites excluding steroid dienone is 1. The van der Waals surface area contributed by atoms with Crippen molar-refractivity contribution in [3.05, 3.63) is 48.0 Å². The topological polar surface area (TPSA) is 17.1 Å². The summed E-state index contributed by atoms with van der Waals surface area (Å²) >= 11 is 0. The van der Waals surface area contributed by atoms with E-state index in [0.29, 0.717) is 5.78 Å². The second kappa shape index (κ2) is 9.52. The van der Waals surface area contributed by atoms with Crippen LogP contribution in [0, 0.1) is 5.92 Å². The third-order valence-electron chi connectivity index (χ3n) is 3.65. The van der Waals surface area contributed by atoms with E-state index in [4.69, 9.17) is 0 Å². The highest BCUT2D eigenvalue weighted by Crippen LogP contribution is 2.20. The summed E-state index contributed by atoms with van der Waals surface area (Å²) in [4.78, 5) is 12.4. The lowest BCUT2D eigenvalue weighted by Crippen LogP contribution is -2.17. The van der Waals surface area contributed by atoms with Gasteiger partial charge in [0.05, 0.1) is 0 Å². The summed E-state index contributed by atoms with van der Waals surface area (Å²) in [6.45, 7) is 8.19. The molecule has 1 atom stereocenters. The molecule has 0 heterocycles. The molecule has 0 fully saturated rings. The third-order valence-corrected chi connectivity index (χ3v) is 3.65. The largest absolute Gasteiger partial charge is 0.299 e. The first-order chi connectivity index (χ1) is 9.63. The van der Waals surface area contributed by atoms with Crippen LogP contribution in [0.1, 0.15) is 57.9 Å². The predicted octanol–water partition coefficient (Wildman–Crippen LogP) is 5.35. The molecule has 0 bridgehead atoms. The lowest BCUT2D eigenvalue weighted by molar-refractivity contribution is -0.123. The van der Waals surface area contributed by atoms with E-state index in [9.17, 15) is 4.79 Å². The van der Waals surface area contributed by atoms with Gasteiger partial charge >= 0.3 is 0 Å². The molecule has 0 saturated carbocycles. The Bertz CT molecular complexity index is 405. The lowest BCUT2D eigenvalue weighted by atomic mass is 9.87. The maximum Gasteiger partial charge on any atom is 0.136 e. The molecule has 0 aliphatic rings. The van der Waals surface area contributed by atoms with Crippen LogP contribution in [-0.2, 0) is 11.2 Å². The van der Waals surface area contributed by atoms with Crippen LogP contribution in [0.25, 0.3) is 0 Å². The number of benzene rings is 1. The molecule has 1 aromatic rings. The van der Waals surface area contributed by atoms with Crippen molar-refractivity contribution in [3.8, 4) is 0 Å². The van der Waals surface area contributed by atoms with Gasteiger partial charge in [0.1, 0.15) is 5.78 Å². The maximum atomic E-state index is 12.4. The van der Waals surface area contributed by atoms with Crippen LogP contribution >= 0.6 is 0 Å². The molecular formula is C19H28O. The minimum Gasteiger partial charge on any atom is -0.299 e. The monoisotopic (exact) mass is 272 g/mol. The van der Waals surface area contributed by atoms with Gasteiger partial charge in [-0.15, -0.1) is 6.58 Å². The first-order valence-corrected chi connectivity index (χ1v) is 7.84. The normalized spacial score (nSPS) is 12.1. The van der Waals surface area contributed by atoms with Crippen LogP contribution in [0.2, 0.25) is 0 Å². The number of carbonyl (C=O) groups excluding carboxylic acids is 1. The number of rotatable bonds is 10. The van der Waals surface area contributed by atoms with Gasteiger partial charge in [-0.3, -0.25) is 4.79 Å². The molecule has 0 aromatic heterocycles. The molecule has 1 unspecified atom stereocenters. The molecule has 0 N–H and O–H groups in total. The fourth-order valence-corrected chi connectivity index (χ4v) is 2.55. The van der Waals surface area contributed by atoms with E-state index in [-0.39, 0.29) is 5.92 Å². The highest BCUT2D eigenvalue weighted by molar-refractivity contribution is 5.81. The van der Waals surface area contributed by atoms with E-state index in [0.717, 1.165) is 31.3 Å². The molecule has 0 amide bonds. The Balaban J connectivity index is 2.54. The molecular weight excluding hydrogens is 244 g/mol. The Labute approximate surface area is 124 Å². The van der Waals surface area contributed by atoms with Gasteiger partial charge in [0.25, 0.3) is 0 Å². The smallest absolute Gasteiger partial charge is 0.136 e. The summed E-state index contributed by atoms with van der Waals surface area (Å²) in [5.74, 6) is 0.518. The van der Waals surface area contributed by atoms with Gasteiger partial charge in [-0.25, -0.2) is 0 Å². The molecule has 1 rings (SSSR count). The highest BCUT2D eigenvalue weighted by atomic mass is 16.1. The van der Waals surface area contributed by atoms with Crippen molar-refractivity contribution in [3.63, 3.8) is 0 Å². The quantitative estimate of drug-likeness (QED) is 0.414. The Hall–Kier alpha value is -1.37. The van der Waals surface area contributed by atoms with Gasteiger partial charge in [0.15, 0.2) is 0 Å². The van der Waals surface area contributed by atoms with Crippen molar-refractivity contribution >= 4 is 5.78 Å². The average molecular weight is 272 g/mol. The lowest BCUT2D eigenvalue weighted by Gasteiger charge is -2.16. The number of ketones is 1. The summed E-state index contributed by atoms with van der Waals surface area (Å²) < 4.78 is 0. The molecule has 1 nitrogen and oxygen atoms in total. The molecule has 0 spiro atoms. The van der Waals surface area contributed by atoms with Gasteiger partial charge < -0.3 is 0 Å². The summed E-state index contributed by atoms with van der Waals surface area (Å²) in [5.41, 5.74) is 2.36. The van der Waals surface area contributed by atoms with E-state index < -0.39 is 0 Å². The van der Waals surface area contributed by atoms with Crippen LogP contribution in [0.3, 0.4) is 0 Å². The number of hydrogen-bond acceptors (Lipinski definition) is 1. The fourth-order valence-electron chi connectivity index (χ4n) is 2.55. The van der Waals surface area contributed by atoms with Gasteiger partial charge in [-0.05, 0) is 31.7 Å². The van der Waals surface area contributed by atoms with Crippen LogP contribution in [0.4, 0.5) is 0 Å². The van der Waals surface area contributed by atoms with Gasteiger partial charge in [0.2, 0.25) is 0 Å². The Morgan fingerprint density at radius 2 is 1.85 bits per heavy atom. The molecule has 1 aromatic carbocycles. The molecule has 0 aliphatic carbocycles. The fraction of sp³-hybridized carbons (Fsp3) is 0.526. The van der Waals surface area contributed by atoms with Crippen molar-refractivity contribution in [2.24, 2.45) is 5.92 Å². The van der Waals surface area contributed by atoms with Crippen molar-refractivity contribution < 1.29 is 4.79 Å². The third kappa shape index (κ3) is 6.70. The van der Waals surface area contributed by atoms with Gasteiger partial charge in [-0.2, -0.15) is 0 Å². The Morgan fingerprint density at radius 3 is 2.45 bits per heavy atom. The zero-order valence-electron chi connectivity index (χ0n) is 13.0. The van der Waals surface area contributed by atoms with Crippen LogP contribution in [0.15, 0.2) is 42.5 Å². The van der Waals surface area contributed by atoms with Gasteiger partial charge in [0, 0.05) is 12.3 Å². The van der Waals surface area contributed by atoms with E-state index in [1.807, 2.05) is 25.1 Å². The number of carbonyl (C=O) groups is 1. The van der Waals surface area contributed by atoms with Crippen LogP contribution < -0.4 is 0 Å². The summed E-state index contributed by atoms with van der Waals surface area (Å²) in [7, 11) is 0. The molecule has 1 heteroatoms. The van der Waals surface area contributed by atoms with E-state index in [1.54, 1.807) is 0 Å². The van der Waals surface area contributed by atoms with Crippen molar-refractivity contribution in [1.29, 1.82) is 0 Å². The molecule has 0 aliphatic heterocycles. The number of Topliss-reactive ketones (excluding diaryl/α,β-unsaturated/α-hetero) is 1. The zero-order valence-corrected chi connectivity index (χ0v) is 13.0. The summed E-state index contributed by atoms with van der Waals surface area (Å²) in [5, 5.41) is 0. The first-order valence-electron chi connectivity index (χ1n) is 7.84. The van der Waals surface area contributed by atoms with Crippen LogP contribution in [0.5, 0.6) is 0 Å². The molecule has 20 heavy (non-hydrogen) atoms. The summed E-state index contributed by atoms with van der Waals surface area (Å²) in [6.07, 6.45) is 7.05. The van der Waals surface area contributed by atoms with Gasteiger partial charge in [-0.1, -0.05) is 62.1 Å². The van der Waals surface area contributed by atoms with E-state index in [2.05, 4.69) is 25.6 Å². The number of unbranched alkanes of at least 4 members (excludes halogenated alkanes) is 3. The Kier molecular flexibility index (Phi) is 7.94. The molecule has 110 valence electrons. The van der Waals surface area contributed by atoms with Crippen molar-refractivity contribution in [1.82, 2.24) is 0 Å². The standard InChI is InChI=1S/C19H28O/c1-4-5-6-10-13-19(20)18(14-16(2)3)15-17-11-8-7-9-12-17/h7-9,11-12,18H,2,4-6,10,13-15H2,1,3H3. The molecule has 0 radical (unpaired) electrons. The highest BCUT2D eigenvalue weighted by Gasteiger charge is 2.18. The zero-order chi connectivity index (χ0) is 14.8. The van der Waals surface area contributed by atoms with E-state index >= 15 is 0 Å². The van der Waals surface area contributed by atoms with Crippen molar-refractivity contribution in [2.45, 2.75) is 58.8 Å². The molecule has 0 saturated heterocycles. The minimum atomic E-state index is 0.108. The average Bonchev–Trinajstić information content (AvgIpc) is 2.43. The van der Waals surface area contributed by atoms with Crippen molar-refractivity contribution in [2.75, 3.05) is 0 Å². The predicted molar refractivity (Wildman–Crippen MR) is 86.8 cm³/mol. The Morgan fingerprint density at radius 1 is 1.15 bits per heavy atom. The van der Waals surface area contributed by atoms with Crippen LogP contribution in [-0.4, -0.2) is 5.78 Å². The second-order valence-corrected chi connectivity index (χ2v) is 5.82. The second-order valence-electron chi connectivity index (χ2n) is 5.82. The maximum absolute atomic E-state index is 12.4. The minimum absolute atomic E-state index is 0.108. The first kappa shape index (κ1) is 16.7. The summed E-state index contributed by atoms with van der Waals surface area (Å²) in [6, 6.07) is 10.3. The van der Waals surface area contributed by atoms with E-state index in [1.165, 1.54) is 24.8 Å². The SMILES string of the molecule is C=C(C)CC(Cc1ccccc1)C(=O)CCCCCC. The number of hydrogen-bond donors (Lipinski definition) is 0.